The number of benzene rings is 2. The molecule has 0 saturated heterocycles. The summed E-state index contributed by atoms with van der Waals surface area (Å²) in [7, 11) is -4.65. The normalized spacial score (nSPS) is 11.1. The predicted octanol–water partition coefficient (Wildman–Crippen LogP) is 1.83. The predicted molar refractivity (Wildman–Crippen MR) is 69.1 cm³/mol. The van der Waals surface area contributed by atoms with Gasteiger partial charge in [-0.1, -0.05) is 12.1 Å². The zero-order valence-corrected chi connectivity index (χ0v) is 11.2. The molecule has 0 aliphatic carbocycles. The topological polar surface area (TPSA) is 86.5 Å². The largest absolute Gasteiger partial charge is 0.378 e. The van der Waals surface area contributed by atoms with E-state index in [0.29, 0.717) is 12.1 Å². The van der Waals surface area contributed by atoms with Crippen molar-refractivity contribution in [3.05, 3.63) is 59.7 Å². The molecule has 110 valence electrons. The van der Waals surface area contributed by atoms with E-state index in [1.807, 2.05) is 0 Å². The zero-order valence-electron chi connectivity index (χ0n) is 10.4. The first-order valence-corrected chi connectivity index (χ1v) is 7.00. The zero-order chi connectivity index (χ0) is 15.6. The van der Waals surface area contributed by atoms with Crippen molar-refractivity contribution in [3.63, 3.8) is 0 Å². The Morgan fingerprint density at radius 3 is 2.43 bits per heavy atom. The monoisotopic (exact) mass is 313 g/mol. The van der Waals surface area contributed by atoms with Gasteiger partial charge in [0.25, 0.3) is 5.91 Å². The maximum Gasteiger partial charge on any atom is 0.342 e. The van der Waals surface area contributed by atoms with Crippen molar-refractivity contribution in [1.29, 1.82) is 0 Å². The van der Waals surface area contributed by atoms with E-state index in [-0.39, 0.29) is 11.3 Å². The molecular formula is C13H9F2NO4S. The van der Waals surface area contributed by atoms with Gasteiger partial charge in [0, 0.05) is 0 Å². The summed E-state index contributed by atoms with van der Waals surface area (Å²) in [6, 6.07) is 7.18. The molecule has 5 nitrogen and oxygen atoms in total. The van der Waals surface area contributed by atoms with Gasteiger partial charge < -0.3 is 9.92 Å². The molecular weight excluding hydrogens is 304 g/mol. The van der Waals surface area contributed by atoms with Crippen molar-refractivity contribution in [2.75, 3.05) is 0 Å². The van der Waals surface area contributed by atoms with Crippen LogP contribution in [-0.2, 0) is 10.1 Å². The Labute approximate surface area is 119 Å². The highest BCUT2D eigenvalue weighted by molar-refractivity contribution is 7.87. The fourth-order valence-electron chi connectivity index (χ4n) is 1.57. The third-order valence-electron chi connectivity index (χ3n) is 2.51. The molecule has 8 heteroatoms. The number of hydrogen-bond acceptors (Lipinski definition) is 4. The number of para-hydroxylation sites is 1. The number of nitrogens with two attached hydrogens (primary N) is 1. The minimum atomic E-state index is -4.65. The molecule has 0 heterocycles. The fourth-order valence-corrected chi connectivity index (χ4v) is 2.61. The van der Waals surface area contributed by atoms with Gasteiger partial charge in [0.2, 0.25) is 0 Å². The van der Waals surface area contributed by atoms with Crippen LogP contribution >= 0.6 is 0 Å². The molecule has 0 bridgehead atoms. The molecule has 0 aliphatic rings. The van der Waals surface area contributed by atoms with Gasteiger partial charge in [0.1, 0.15) is 16.5 Å². The molecule has 0 radical (unpaired) electrons. The third-order valence-corrected chi connectivity index (χ3v) is 3.77. The summed E-state index contributed by atoms with van der Waals surface area (Å²) < 4.78 is 55.2. The lowest BCUT2D eigenvalue weighted by molar-refractivity contribution is 0.0999. The Bertz CT molecular complexity index is 806. The van der Waals surface area contributed by atoms with E-state index in [1.165, 1.54) is 24.3 Å². The molecule has 0 unspecified atom stereocenters. The first-order valence-electron chi connectivity index (χ1n) is 5.59. The summed E-state index contributed by atoms with van der Waals surface area (Å²) >= 11 is 0. The molecule has 0 fully saturated rings. The molecule has 0 atom stereocenters. The Balaban J connectivity index is 2.48. The van der Waals surface area contributed by atoms with Crippen LogP contribution in [0.1, 0.15) is 10.4 Å². The van der Waals surface area contributed by atoms with Crippen molar-refractivity contribution in [3.8, 4) is 5.75 Å². The summed E-state index contributed by atoms with van der Waals surface area (Å²) in [6.07, 6.45) is 0. The Kier molecular flexibility index (Phi) is 3.90. The van der Waals surface area contributed by atoms with Gasteiger partial charge in [-0.2, -0.15) is 8.42 Å². The average Bonchev–Trinajstić information content (AvgIpc) is 2.41. The van der Waals surface area contributed by atoms with Crippen LogP contribution in [0.5, 0.6) is 5.75 Å². The van der Waals surface area contributed by atoms with E-state index in [4.69, 9.17) is 5.73 Å². The van der Waals surface area contributed by atoms with Gasteiger partial charge in [0.05, 0.1) is 5.56 Å². The molecule has 2 aromatic rings. The maximum atomic E-state index is 13.5. The average molecular weight is 313 g/mol. The van der Waals surface area contributed by atoms with Crippen molar-refractivity contribution in [1.82, 2.24) is 0 Å². The standard InChI is InChI=1S/C13H9F2NO4S/c14-8-5-6-10(15)12(7-8)21(18,19)20-11-4-2-1-3-9(11)13(16)17/h1-7H,(H2,16,17). The molecule has 2 rings (SSSR count). The van der Waals surface area contributed by atoms with Crippen LogP contribution in [0, 0.1) is 11.6 Å². The third kappa shape index (κ3) is 3.16. The van der Waals surface area contributed by atoms with E-state index < -0.39 is 32.6 Å². The van der Waals surface area contributed by atoms with E-state index in [1.54, 1.807) is 0 Å². The van der Waals surface area contributed by atoms with Crippen LogP contribution in [0.15, 0.2) is 47.4 Å². The van der Waals surface area contributed by atoms with E-state index in [0.717, 1.165) is 6.07 Å². The van der Waals surface area contributed by atoms with Gasteiger partial charge in [-0.15, -0.1) is 0 Å². The molecule has 0 aromatic heterocycles. The Morgan fingerprint density at radius 2 is 1.76 bits per heavy atom. The second-order valence-electron chi connectivity index (χ2n) is 3.97. The van der Waals surface area contributed by atoms with Crippen LogP contribution in [0.25, 0.3) is 0 Å². The number of rotatable bonds is 4. The van der Waals surface area contributed by atoms with Crippen LogP contribution in [0.4, 0.5) is 8.78 Å². The van der Waals surface area contributed by atoms with Gasteiger partial charge in [-0.3, -0.25) is 4.79 Å². The van der Waals surface area contributed by atoms with Crippen molar-refractivity contribution in [2.24, 2.45) is 5.73 Å². The second-order valence-corrected chi connectivity index (χ2v) is 5.49. The van der Waals surface area contributed by atoms with Crippen LogP contribution in [0.2, 0.25) is 0 Å². The van der Waals surface area contributed by atoms with Crippen LogP contribution in [-0.4, -0.2) is 14.3 Å². The highest BCUT2D eigenvalue weighted by Crippen LogP contribution is 2.24. The molecule has 21 heavy (non-hydrogen) atoms. The lowest BCUT2D eigenvalue weighted by atomic mass is 10.2. The number of primary amides is 1. The van der Waals surface area contributed by atoms with E-state index >= 15 is 0 Å². The lowest BCUT2D eigenvalue weighted by Crippen LogP contribution is -2.17. The highest BCUT2D eigenvalue weighted by atomic mass is 32.2. The van der Waals surface area contributed by atoms with Crippen LogP contribution in [0.3, 0.4) is 0 Å². The lowest BCUT2D eigenvalue weighted by Gasteiger charge is -2.10. The highest BCUT2D eigenvalue weighted by Gasteiger charge is 2.24. The minimum absolute atomic E-state index is 0.196. The molecule has 0 saturated carbocycles. The number of carbonyl (C=O) groups excluding carboxylic acids is 1. The summed E-state index contributed by atoms with van der Waals surface area (Å²) in [5, 5.41) is 0. The van der Waals surface area contributed by atoms with Gasteiger partial charge >= 0.3 is 10.1 Å². The molecule has 1 amide bonds. The molecule has 2 N–H and O–H groups in total. The van der Waals surface area contributed by atoms with Gasteiger partial charge in [0.15, 0.2) is 5.75 Å². The molecule has 2 aromatic carbocycles. The number of halogens is 2. The van der Waals surface area contributed by atoms with Crippen molar-refractivity contribution in [2.45, 2.75) is 4.90 Å². The quantitative estimate of drug-likeness (QED) is 0.873. The molecule has 0 spiro atoms. The number of amides is 1. The summed E-state index contributed by atoms with van der Waals surface area (Å²) in [5.74, 6) is -3.40. The first-order chi connectivity index (χ1) is 9.81. The summed E-state index contributed by atoms with van der Waals surface area (Å²) in [6.45, 7) is 0. The Morgan fingerprint density at radius 1 is 1.10 bits per heavy atom. The van der Waals surface area contributed by atoms with Crippen molar-refractivity contribution >= 4 is 16.0 Å². The van der Waals surface area contributed by atoms with Crippen LogP contribution < -0.4 is 9.92 Å². The van der Waals surface area contributed by atoms with E-state index in [2.05, 4.69) is 4.18 Å². The van der Waals surface area contributed by atoms with Gasteiger partial charge in [-0.25, -0.2) is 8.78 Å². The summed E-state index contributed by atoms with van der Waals surface area (Å²) in [5.41, 5.74) is 4.88. The smallest absolute Gasteiger partial charge is 0.342 e. The SMILES string of the molecule is NC(=O)c1ccccc1OS(=O)(=O)c1cc(F)ccc1F. The summed E-state index contributed by atoms with van der Waals surface area (Å²) in [4.78, 5) is 10.2. The van der Waals surface area contributed by atoms with Gasteiger partial charge in [-0.05, 0) is 30.3 Å². The number of hydrogen-bond donors (Lipinski definition) is 1. The van der Waals surface area contributed by atoms with Crippen molar-refractivity contribution < 1.29 is 26.2 Å². The minimum Gasteiger partial charge on any atom is -0.378 e. The fraction of sp³-hybridized carbons (Fsp3) is 0. The molecule has 0 aliphatic heterocycles. The second kappa shape index (κ2) is 5.49. The maximum absolute atomic E-state index is 13.5. The first kappa shape index (κ1) is 14.9. The Hall–Kier alpha value is -2.48. The number of carbonyl (C=O) groups is 1. The van der Waals surface area contributed by atoms with E-state index in [9.17, 15) is 22.0 Å².